The lowest BCUT2D eigenvalue weighted by Gasteiger charge is -2.36. The second kappa shape index (κ2) is 11.6. The molecule has 0 spiro atoms. The number of carbonyl (C=O) groups excluding carboxylic acids is 3. The number of nitrogens with two attached hydrogens (primary N) is 1. The molecule has 39 heavy (non-hydrogen) atoms. The number of nitrogens with zero attached hydrogens (tertiary/aromatic N) is 1. The molecule has 0 radical (unpaired) electrons. The molecule has 8 heteroatoms. The SMILES string of the molecule is NCc1cccc(CNC(=O)c2ccc3c(c2)NC(=O)C(c2ccccc2)N3C(=O)COc2ccccc2)c1. The average molecular weight is 521 g/mol. The minimum atomic E-state index is -0.889. The van der Waals surface area contributed by atoms with Gasteiger partial charge in [0.2, 0.25) is 0 Å². The Morgan fingerprint density at radius 3 is 2.33 bits per heavy atom. The van der Waals surface area contributed by atoms with Crippen molar-refractivity contribution in [3.8, 4) is 5.75 Å². The number of ether oxygens (including phenoxy) is 1. The maximum absolute atomic E-state index is 13.5. The van der Waals surface area contributed by atoms with Gasteiger partial charge in [0, 0.05) is 18.7 Å². The number of rotatable bonds is 8. The van der Waals surface area contributed by atoms with Gasteiger partial charge >= 0.3 is 0 Å². The van der Waals surface area contributed by atoms with E-state index in [4.69, 9.17) is 10.5 Å². The van der Waals surface area contributed by atoms with Gasteiger partial charge in [-0.05, 0) is 47.0 Å². The lowest BCUT2D eigenvalue weighted by molar-refractivity contribution is -0.125. The number of fused-ring (bicyclic) bond motifs is 1. The van der Waals surface area contributed by atoms with E-state index in [9.17, 15) is 14.4 Å². The van der Waals surface area contributed by atoms with Gasteiger partial charge in [-0.25, -0.2) is 0 Å². The van der Waals surface area contributed by atoms with Crippen molar-refractivity contribution in [1.82, 2.24) is 5.32 Å². The van der Waals surface area contributed by atoms with Crippen LogP contribution >= 0.6 is 0 Å². The molecule has 1 atom stereocenters. The maximum Gasteiger partial charge on any atom is 0.265 e. The van der Waals surface area contributed by atoms with Crippen LogP contribution in [0.25, 0.3) is 0 Å². The molecule has 4 aromatic rings. The molecule has 1 aliphatic heterocycles. The second-order valence-corrected chi connectivity index (χ2v) is 9.11. The standard InChI is InChI=1S/C31H28N4O4/c32-18-21-8-7-9-22(16-21)19-33-30(37)24-14-15-27-26(17-24)34-31(38)29(23-10-3-1-4-11-23)35(27)28(36)20-39-25-12-5-2-6-13-25/h1-17,29H,18-20,32H2,(H,33,37)(H,34,38). The second-order valence-electron chi connectivity index (χ2n) is 9.11. The molecule has 0 fully saturated rings. The molecule has 196 valence electrons. The van der Waals surface area contributed by atoms with E-state index in [1.54, 1.807) is 42.5 Å². The Kier molecular flexibility index (Phi) is 7.65. The van der Waals surface area contributed by atoms with E-state index < -0.39 is 6.04 Å². The first-order chi connectivity index (χ1) is 19.0. The zero-order valence-electron chi connectivity index (χ0n) is 21.2. The van der Waals surface area contributed by atoms with Crippen LogP contribution in [-0.2, 0) is 22.7 Å². The van der Waals surface area contributed by atoms with Crippen LogP contribution in [0.5, 0.6) is 5.75 Å². The van der Waals surface area contributed by atoms with Crippen molar-refractivity contribution in [2.45, 2.75) is 19.1 Å². The molecule has 5 rings (SSSR count). The van der Waals surface area contributed by atoms with Gasteiger partial charge in [0.15, 0.2) is 6.61 Å². The summed E-state index contributed by atoms with van der Waals surface area (Å²) >= 11 is 0. The highest BCUT2D eigenvalue weighted by Crippen LogP contribution is 2.39. The Morgan fingerprint density at radius 1 is 0.872 bits per heavy atom. The number of carbonyl (C=O) groups is 3. The Bertz CT molecular complexity index is 1490. The quantitative estimate of drug-likeness (QED) is 0.323. The van der Waals surface area contributed by atoms with Crippen LogP contribution < -0.4 is 26.0 Å². The van der Waals surface area contributed by atoms with Crippen molar-refractivity contribution < 1.29 is 19.1 Å². The van der Waals surface area contributed by atoms with Crippen LogP contribution in [0.15, 0.2) is 103 Å². The summed E-state index contributed by atoms with van der Waals surface area (Å²) in [6, 6.07) is 29.8. The van der Waals surface area contributed by atoms with Crippen molar-refractivity contribution in [3.63, 3.8) is 0 Å². The monoisotopic (exact) mass is 520 g/mol. The normalized spacial score (nSPS) is 14.2. The molecule has 1 aliphatic rings. The van der Waals surface area contributed by atoms with Crippen LogP contribution in [0.2, 0.25) is 0 Å². The number of para-hydroxylation sites is 1. The highest BCUT2D eigenvalue weighted by molar-refractivity contribution is 6.13. The Morgan fingerprint density at radius 2 is 1.59 bits per heavy atom. The first-order valence-corrected chi connectivity index (χ1v) is 12.6. The van der Waals surface area contributed by atoms with Crippen LogP contribution in [0, 0.1) is 0 Å². The van der Waals surface area contributed by atoms with E-state index in [0.29, 0.717) is 41.3 Å². The predicted molar refractivity (Wildman–Crippen MR) is 149 cm³/mol. The average Bonchev–Trinajstić information content (AvgIpc) is 2.98. The number of benzene rings is 4. The highest BCUT2D eigenvalue weighted by Gasteiger charge is 2.38. The molecule has 0 aliphatic carbocycles. The van der Waals surface area contributed by atoms with Gasteiger partial charge in [0.25, 0.3) is 17.7 Å². The number of nitrogens with one attached hydrogen (secondary N) is 2. The molecule has 4 aromatic carbocycles. The molecule has 0 saturated carbocycles. The highest BCUT2D eigenvalue weighted by atomic mass is 16.5. The molecular formula is C31H28N4O4. The molecular weight excluding hydrogens is 492 g/mol. The topological polar surface area (TPSA) is 114 Å². The smallest absolute Gasteiger partial charge is 0.265 e. The first-order valence-electron chi connectivity index (χ1n) is 12.6. The van der Waals surface area contributed by atoms with E-state index in [2.05, 4.69) is 10.6 Å². The van der Waals surface area contributed by atoms with Crippen molar-refractivity contribution >= 4 is 29.1 Å². The lowest BCUT2D eigenvalue weighted by atomic mass is 9.99. The molecule has 4 N–H and O–H groups in total. The van der Waals surface area contributed by atoms with Crippen molar-refractivity contribution in [1.29, 1.82) is 0 Å². The zero-order valence-corrected chi connectivity index (χ0v) is 21.2. The van der Waals surface area contributed by atoms with Crippen molar-refractivity contribution in [2.75, 3.05) is 16.8 Å². The van der Waals surface area contributed by atoms with Gasteiger partial charge in [-0.3, -0.25) is 19.3 Å². The van der Waals surface area contributed by atoms with E-state index in [-0.39, 0.29) is 24.3 Å². The van der Waals surface area contributed by atoms with Gasteiger partial charge in [-0.15, -0.1) is 0 Å². The summed E-state index contributed by atoms with van der Waals surface area (Å²) < 4.78 is 5.71. The summed E-state index contributed by atoms with van der Waals surface area (Å²) in [5, 5.41) is 5.78. The summed E-state index contributed by atoms with van der Waals surface area (Å²) in [6.45, 7) is 0.486. The Hall–Kier alpha value is -4.95. The van der Waals surface area contributed by atoms with Gasteiger partial charge in [-0.1, -0.05) is 72.8 Å². The number of hydrogen-bond donors (Lipinski definition) is 3. The van der Waals surface area contributed by atoms with Crippen molar-refractivity contribution in [2.24, 2.45) is 5.73 Å². The summed E-state index contributed by atoms with van der Waals surface area (Å²) in [4.78, 5) is 41.3. The van der Waals surface area contributed by atoms with Crippen LogP contribution in [-0.4, -0.2) is 24.3 Å². The molecule has 3 amide bonds. The number of amides is 3. The molecule has 0 bridgehead atoms. The summed E-state index contributed by atoms with van der Waals surface area (Å²) in [7, 11) is 0. The van der Waals surface area contributed by atoms with E-state index in [1.807, 2.05) is 60.7 Å². The first kappa shape index (κ1) is 25.7. The van der Waals surface area contributed by atoms with Gasteiger partial charge in [-0.2, -0.15) is 0 Å². The van der Waals surface area contributed by atoms with Gasteiger partial charge < -0.3 is 21.1 Å². The van der Waals surface area contributed by atoms with E-state index in [0.717, 1.165) is 11.1 Å². The fourth-order valence-electron chi connectivity index (χ4n) is 4.54. The molecule has 1 heterocycles. The van der Waals surface area contributed by atoms with Gasteiger partial charge in [0.1, 0.15) is 11.8 Å². The van der Waals surface area contributed by atoms with Crippen LogP contribution in [0.4, 0.5) is 11.4 Å². The molecule has 0 saturated heterocycles. The third-order valence-electron chi connectivity index (χ3n) is 6.45. The fraction of sp³-hybridized carbons (Fsp3) is 0.129. The Labute approximate surface area is 226 Å². The third kappa shape index (κ3) is 5.81. The summed E-state index contributed by atoms with van der Waals surface area (Å²) in [6.07, 6.45) is 0. The summed E-state index contributed by atoms with van der Waals surface area (Å²) in [5.41, 5.74) is 9.50. The van der Waals surface area contributed by atoms with Crippen LogP contribution in [0.3, 0.4) is 0 Å². The third-order valence-corrected chi connectivity index (χ3v) is 6.45. The molecule has 1 unspecified atom stereocenters. The lowest BCUT2D eigenvalue weighted by Crippen LogP contribution is -2.47. The molecule has 0 aromatic heterocycles. The van der Waals surface area contributed by atoms with E-state index >= 15 is 0 Å². The zero-order chi connectivity index (χ0) is 27.2. The predicted octanol–water partition coefficient (Wildman–Crippen LogP) is 4.18. The minimum absolute atomic E-state index is 0.260. The number of hydrogen-bond acceptors (Lipinski definition) is 5. The van der Waals surface area contributed by atoms with Crippen LogP contribution in [0.1, 0.15) is 33.1 Å². The largest absolute Gasteiger partial charge is 0.484 e. The Balaban J connectivity index is 1.40. The minimum Gasteiger partial charge on any atom is -0.484 e. The maximum atomic E-state index is 13.5. The van der Waals surface area contributed by atoms with Crippen molar-refractivity contribution in [3.05, 3.63) is 125 Å². The molecule has 8 nitrogen and oxygen atoms in total. The number of anilines is 2. The fourth-order valence-corrected chi connectivity index (χ4v) is 4.54. The van der Waals surface area contributed by atoms with E-state index in [1.165, 1.54) is 4.90 Å². The summed E-state index contributed by atoms with van der Waals surface area (Å²) in [5.74, 6) is -0.521. The van der Waals surface area contributed by atoms with Gasteiger partial charge in [0.05, 0.1) is 11.4 Å².